The van der Waals surface area contributed by atoms with E-state index in [1.165, 1.54) is 10.5 Å². The maximum Gasteiger partial charge on any atom is 0.119 e. The van der Waals surface area contributed by atoms with Gasteiger partial charge in [-0.15, -0.1) is 11.8 Å². The molecule has 18 heavy (non-hydrogen) atoms. The molecule has 0 radical (unpaired) electrons. The van der Waals surface area contributed by atoms with E-state index < -0.39 is 0 Å². The number of halogens is 1. The molecule has 3 heteroatoms. The highest BCUT2D eigenvalue weighted by Crippen LogP contribution is 2.21. The van der Waals surface area contributed by atoms with Crippen molar-refractivity contribution < 1.29 is 4.74 Å². The van der Waals surface area contributed by atoms with Crippen molar-refractivity contribution in [3.05, 3.63) is 58.6 Å². The van der Waals surface area contributed by atoms with Gasteiger partial charge >= 0.3 is 0 Å². The summed E-state index contributed by atoms with van der Waals surface area (Å²) in [5, 5.41) is 0. The van der Waals surface area contributed by atoms with Gasteiger partial charge in [0.05, 0.1) is 6.61 Å². The quantitative estimate of drug-likeness (QED) is 0.570. The van der Waals surface area contributed by atoms with Crippen LogP contribution in [0.1, 0.15) is 5.56 Å². The van der Waals surface area contributed by atoms with E-state index >= 15 is 0 Å². The minimum Gasteiger partial charge on any atom is -0.493 e. The molecule has 0 bridgehead atoms. The van der Waals surface area contributed by atoms with Crippen LogP contribution in [0, 0.1) is 6.92 Å². The van der Waals surface area contributed by atoms with Crippen LogP contribution in [0.5, 0.6) is 5.75 Å². The molecule has 0 N–H and O–H groups in total. The van der Waals surface area contributed by atoms with Gasteiger partial charge in [0.1, 0.15) is 5.75 Å². The van der Waals surface area contributed by atoms with Gasteiger partial charge in [-0.3, -0.25) is 0 Å². The zero-order valence-electron chi connectivity index (χ0n) is 10.2. The van der Waals surface area contributed by atoms with Crippen LogP contribution in [-0.2, 0) is 0 Å². The summed E-state index contributed by atoms with van der Waals surface area (Å²) in [6.45, 7) is 2.80. The van der Waals surface area contributed by atoms with Gasteiger partial charge in [0, 0.05) is 15.1 Å². The van der Waals surface area contributed by atoms with Crippen molar-refractivity contribution in [1.29, 1.82) is 0 Å². The molecule has 1 nitrogen and oxygen atoms in total. The molecule has 0 amide bonds. The molecule has 0 saturated heterocycles. The van der Waals surface area contributed by atoms with Crippen molar-refractivity contribution in [2.24, 2.45) is 0 Å². The van der Waals surface area contributed by atoms with Gasteiger partial charge in [-0.1, -0.05) is 28.1 Å². The minimum atomic E-state index is 0.726. The average molecular weight is 323 g/mol. The molecular weight excluding hydrogens is 308 g/mol. The number of hydrogen-bond acceptors (Lipinski definition) is 2. The molecular formula is C15H15BrOS. The zero-order valence-corrected chi connectivity index (χ0v) is 12.6. The van der Waals surface area contributed by atoms with Crippen LogP contribution in [-0.4, -0.2) is 12.4 Å². The second-order valence-electron chi connectivity index (χ2n) is 3.97. The van der Waals surface area contributed by atoms with Crippen molar-refractivity contribution in [3.63, 3.8) is 0 Å². The molecule has 2 rings (SSSR count). The van der Waals surface area contributed by atoms with E-state index in [1.54, 1.807) is 11.8 Å². The highest BCUT2D eigenvalue weighted by molar-refractivity contribution is 9.10. The number of rotatable bonds is 5. The van der Waals surface area contributed by atoms with Gasteiger partial charge in [0.25, 0.3) is 0 Å². The molecule has 0 aromatic heterocycles. The molecule has 0 aliphatic carbocycles. The van der Waals surface area contributed by atoms with E-state index in [0.29, 0.717) is 0 Å². The van der Waals surface area contributed by atoms with Crippen LogP contribution in [0.25, 0.3) is 0 Å². The fraction of sp³-hybridized carbons (Fsp3) is 0.200. The molecule has 2 aromatic carbocycles. The Kier molecular flexibility index (Phi) is 5.14. The number of hydrogen-bond donors (Lipinski definition) is 0. The van der Waals surface area contributed by atoms with E-state index in [1.807, 2.05) is 12.1 Å². The number of aryl methyl sites for hydroxylation is 1. The average Bonchev–Trinajstić information content (AvgIpc) is 2.37. The van der Waals surface area contributed by atoms with Crippen LogP contribution in [0.2, 0.25) is 0 Å². The fourth-order valence-corrected chi connectivity index (χ4v) is 2.55. The minimum absolute atomic E-state index is 0.726. The molecule has 0 aliphatic rings. The summed E-state index contributed by atoms with van der Waals surface area (Å²) >= 11 is 5.24. The van der Waals surface area contributed by atoms with Crippen LogP contribution in [0.15, 0.2) is 57.9 Å². The van der Waals surface area contributed by atoms with E-state index in [2.05, 4.69) is 59.3 Å². The number of ether oxygens (including phenoxy) is 1. The molecule has 0 heterocycles. The highest BCUT2D eigenvalue weighted by atomic mass is 79.9. The normalized spacial score (nSPS) is 10.3. The summed E-state index contributed by atoms with van der Waals surface area (Å²) in [6.07, 6.45) is 0. The van der Waals surface area contributed by atoms with Crippen molar-refractivity contribution in [3.8, 4) is 5.75 Å². The maximum atomic E-state index is 5.70. The number of benzene rings is 2. The summed E-state index contributed by atoms with van der Waals surface area (Å²) in [7, 11) is 0. The first kappa shape index (κ1) is 13.5. The number of thioether (sulfide) groups is 1. The third-order valence-corrected chi connectivity index (χ3v) is 3.93. The van der Waals surface area contributed by atoms with Gasteiger partial charge in [-0.2, -0.15) is 0 Å². The zero-order chi connectivity index (χ0) is 12.8. The summed E-state index contributed by atoms with van der Waals surface area (Å²) < 4.78 is 6.82. The fourth-order valence-electron chi connectivity index (χ4n) is 1.55. The molecule has 0 saturated carbocycles. The van der Waals surface area contributed by atoms with Gasteiger partial charge in [0.15, 0.2) is 0 Å². The smallest absolute Gasteiger partial charge is 0.119 e. The highest BCUT2D eigenvalue weighted by Gasteiger charge is 1.96. The lowest BCUT2D eigenvalue weighted by Crippen LogP contribution is -1.99. The van der Waals surface area contributed by atoms with Crippen molar-refractivity contribution in [1.82, 2.24) is 0 Å². The van der Waals surface area contributed by atoms with Crippen molar-refractivity contribution in [2.75, 3.05) is 12.4 Å². The summed E-state index contributed by atoms with van der Waals surface area (Å²) in [5.41, 5.74) is 1.23. The Bertz CT molecular complexity index is 496. The van der Waals surface area contributed by atoms with Crippen LogP contribution >= 0.6 is 27.7 Å². The Morgan fingerprint density at radius 1 is 1.11 bits per heavy atom. The van der Waals surface area contributed by atoms with E-state index in [4.69, 9.17) is 4.74 Å². The van der Waals surface area contributed by atoms with Gasteiger partial charge in [-0.25, -0.2) is 0 Å². The largest absolute Gasteiger partial charge is 0.493 e. The molecule has 94 valence electrons. The molecule has 0 spiro atoms. The maximum absolute atomic E-state index is 5.70. The van der Waals surface area contributed by atoms with Crippen molar-refractivity contribution in [2.45, 2.75) is 11.8 Å². The van der Waals surface area contributed by atoms with E-state index in [0.717, 1.165) is 22.6 Å². The first-order valence-electron chi connectivity index (χ1n) is 5.82. The first-order valence-corrected chi connectivity index (χ1v) is 7.60. The summed E-state index contributed by atoms with van der Waals surface area (Å²) in [5.74, 6) is 1.90. The molecule has 0 unspecified atom stereocenters. The van der Waals surface area contributed by atoms with Gasteiger partial charge in [0.2, 0.25) is 0 Å². The molecule has 0 atom stereocenters. The Morgan fingerprint density at radius 3 is 2.61 bits per heavy atom. The lowest BCUT2D eigenvalue weighted by molar-refractivity contribution is 0.344. The monoisotopic (exact) mass is 322 g/mol. The topological polar surface area (TPSA) is 9.23 Å². The van der Waals surface area contributed by atoms with Gasteiger partial charge in [-0.05, 0) is 48.9 Å². The lowest BCUT2D eigenvalue weighted by Gasteiger charge is -2.06. The SMILES string of the molecule is Cc1cccc(OCCSc2ccc(Br)cc2)c1. The molecule has 0 aliphatic heterocycles. The third kappa shape index (κ3) is 4.39. The van der Waals surface area contributed by atoms with E-state index in [-0.39, 0.29) is 0 Å². The third-order valence-electron chi connectivity index (χ3n) is 2.42. The van der Waals surface area contributed by atoms with Crippen LogP contribution in [0.4, 0.5) is 0 Å². The predicted molar refractivity (Wildman–Crippen MR) is 81.5 cm³/mol. The first-order chi connectivity index (χ1) is 8.74. The molecule has 2 aromatic rings. The second-order valence-corrected chi connectivity index (χ2v) is 6.05. The summed E-state index contributed by atoms with van der Waals surface area (Å²) in [6, 6.07) is 16.5. The predicted octanol–water partition coefficient (Wildman–Crippen LogP) is 4.93. The van der Waals surface area contributed by atoms with Crippen molar-refractivity contribution >= 4 is 27.7 Å². The summed E-state index contributed by atoms with van der Waals surface area (Å²) in [4.78, 5) is 1.27. The van der Waals surface area contributed by atoms with Gasteiger partial charge < -0.3 is 4.74 Å². The second kappa shape index (κ2) is 6.86. The Morgan fingerprint density at radius 2 is 1.89 bits per heavy atom. The van der Waals surface area contributed by atoms with Crippen LogP contribution in [0.3, 0.4) is 0 Å². The lowest BCUT2D eigenvalue weighted by atomic mass is 10.2. The Labute approximate surface area is 121 Å². The van der Waals surface area contributed by atoms with E-state index in [9.17, 15) is 0 Å². The molecule has 0 fully saturated rings. The standard InChI is InChI=1S/C15H15BrOS/c1-12-3-2-4-14(11-12)17-9-10-18-15-7-5-13(16)6-8-15/h2-8,11H,9-10H2,1H3. The Balaban J connectivity index is 1.74. The van der Waals surface area contributed by atoms with Crippen LogP contribution < -0.4 is 4.74 Å². The Hall–Kier alpha value is -0.930.